The van der Waals surface area contributed by atoms with E-state index < -0.39 is 18.0 Å². The van der Waals surface area contributed by atoms with Crippen molar-refractivity contribution in [1.82, 2.24) is 10.6 Å². The van der Waals surface area contributed by atoms with E-state index in [1.807, 2.05) is 13.8 Å². The minimum atomic E-state index is -1.00. The predicted molar refractivity (Wildman–Crippen MR) is 64.0 cm³/mol. The van der Waals surface area contributed by atoms with Crippen LogP contribution in [0.5, 0.6) is 0 Å². The Morgan fingerprint density at radius 1 is 1.35 bits per heavy atom. The summed E-state index contributed by atoms with van der Waals surface area (Å²) in [6.45, 7) is 5.50. The highest BCUT2D eigenvalue weighted by molar-refractivity contribution is 5.82. The Morgan fingerprint density at radius 2 is 2.06 bits per heavy atom. The van der Waals surface area contributed by atoms with Crippen molar-refractivity contribution in [1.29, 1.82) is 0 Å². The van der Waals surface area contributed by atoms with Crippen LogP contribution >= 0.6 is 0 Å². The summed E-state index contributed by atoms with van der Waals surface area (Å²) >= 11 is 0. The van der Waals surface area contributed by atoms with Gasteiger partial charge in [0.05, 0.1) is 0 Å². The van der Waals surface area contributed by atoms with Crippen LogP contribution in [-0.2, 0) is 9.53 Å². The Kier molecular flexibility index (Phi) is 9.14. The zero-order chi connectivity index (χ0) is 13.1. The van der Waals surface area contributed by atoms with Gasteiger partial charge in [-0.15, -0.1) is 0 Å². The third-order valence-corrected chi connectivity index (χ3v) is 2.14. The summed E-state index contributed by atoms with van der Waals surface area (Å²) in [7, 11) is 0. The molecule has 0 radical (unpaired) electrons. The van der Waals surface area contributed by atoms with E-state index in [9.17, 15) is 9.59 Å². The monoisotopic (exact) mass is 246 g/mol. The summed E-state index contributed by atoms with van der Waals surface area (Å²) in [5, 5.41) is 13.8. The minimum absolute atomic E-state index is 0.432. The van der Waals surface area contributed by atoms with Crippen LogP contribution in [-0.4, -0.2) is 42.9 Å². The molecule has 0 aromatic carbocycles. The highest BCUT2D eigenvalue weighted by Gasteiger charge is 2.17. The van der Waals surface area contributed by atoms with Crippen molar-refractivity contribution in [3.8, 4) is 0 Å². The van der Waals surface area contributed by atoms with E-state index in [0.717, 1.165) is 0 Å². The van der Waals surface area contributed by atoms with Gasteiger partial charge in [-0.1, -0.05) is 13.3 Å². The molecular formula is C11H22N2O4. The molecule has 1 unspecified atom stereocenters. The van der Waals surface area contributed by atoms with E-state index in [1.165, 1.54) is 0 Å². The van der Waals surface area contributed by atoms with Crippen molar-refractivity contribution in [2.24, 2.45) is 0 Å². The second-order valence-electron chi connectivity index (χ2n) is 3.63. The molecule has 2 amide bonds. The average molecular weight is 246 g/mol. The number of urea groups is 1. The van der Waals surface area contributed by atoms with E-state index in [4.69, 9.17) is 9.84 Å². The van der Waals surface area contributed by atoms with Gasteiger partial charge in [-0.2, -0.15) is 0 Å². The molecule has 0 rings (SSSR count). The number of hydrogen-bond acceptors (Lipinski definition) is 3. The maximum Gasteiger partial charge on any atom is 0.326 e. The summed E-state index contributed by atoms with van der Waals surface area (Å²) in [6.07, 6.45) is 1.86. The first-order valence-electron chi connectivity index (χ1n) is 5.96. The van der Waals surface area contributed by atoms with Crippen LogP contribution in [0.25, 0.3) is 0 Å². The van der Waals surface area contributed by atoms with Gasteiger partial charge >= 0.3 is 12.0 Å². The zero-order valence-corrected chi connectivity index (χ0v) is 10.5. The van der Waals surface area contributed by atoms with Gasteiger partial charge in [0.1, 0.15) is 6.04 Å². The molecule has 3 N–H and O–H groups in total. The summed E-state index contributed by atoms with van der Waals surface area (Å²) in [5.41, 5.74) is 0. The molecule has 100 valence electrons. The van der Waals surface area contributed by atoms with E-state index in [0.29, 0.717) is 39.0 Å². The van der Waals surface area contributed by atoms with Crippen LogP contribution in [0.1, 0.15) is 33.1 Å². The van der Waals surface area contributed by atoms with Crippen molar-refractivity contribution in [3.05, 3.63) is 0 Å². The zero-order valence-electron chi connectivity index (χ0n) is 10.5. The number of aliphatic carboxylic acids is 1. The molecular weight excluding hydrogens is 224 g/mol. The standard InChI is InChI=1S/C11H22N2O4/c1-3-6-9(10(14)15)13-11(16)12-7-5-8-17-4-2/h9H,3-8H2,1-2H3,(H,14,15)(H2,12,13,16). The first-order chi connectivity index (χ1) is 8.11. The van der Waals surface area contributed by atoms with Crippen LogP contribution < -0.4 is 10.6 Å². The number of amides is 2. The second kappa shape index (κ2) is 9.89. The molecule has 1 atom stereocenters. The fourth-order valence-electron chi connectivity index (χ4n) is 1.28. The van der Waals surface area contributed by atoms with Gasteiger partial charge in [-0.05, 0) is 19.8 Å². The molecule has 0 saturated heterocycles. The molecule has 0 saturated carbocycles. The topological polar surface area (TPSA) is 87.7 Å². The van der Waals surface area contributed by atoms with E-state index in [2.05, 4.69) is 10.6 Å². The van der Waals surface area contributed by atoms with Crippen LogP contribution in [0.4, 0.5) is 4.79 Å². The van der Waals surface area contributed by atoms with Gasteiger partial charge in [0.2, 0.25) is 0 Å². The number of carboxylic acid groups (broad SMARTS) is 1. The minimum Gasteiger partial charge on any atom is -0.480 e. The van der Waals surface area contributed by atoms with Gasteiger partial charge in [0, 0.05) is 19.8 Å². The number of carbonyl (C=O) groups is 2. The van der Waals surface area contributed by atoms with Gasteiger partial charge in [0.25, 0.3) is 0 Å². The number of ether oxygens (including phenoxy) is 1. The molecule has 0 aromatic heterocycles. The highest BCUT2D eigenvalue weighted by atomic mass is 16.5. The maximum absolute atomic E-state index is 11.3. The lowest BCUT2D eigenvalue weighted by Gasteiger charge is -2.14. The quantitative estimate of drug-likeness (QED) is 0.529. The van der Waals surface area contributed by atoms with Crippen LogP contribution in [0, 0.1) is 0 Å². The fraction of sp³-hybridized carbons (Fsp3) is 0.818. The predicted octanol–water partition coefficient (Wildman–Crippen LogP) is 0.965. The third-order valence-electron chi connectivity index (χ3n) is 2.14. The van der Waals surface area contributed by atoms with Crippen molar-refractivity contribution < 1.29 is 19.4 Å². The molecule has 0 heterocycles. The second-order valence-corrected chi connectivity index (χ2v) is 3.63. The van der Waals surface area contributed by atoms with E-state index in [1.54, 1.807) is 0 Å². The van der Waals surface area contributed by atoms with E-state index in [-0.39, 0.29) is 0 Å². The largest absolute Gasteiger partial charge is 0.480 e. The molecule has 0 fully saturated rings. The number of carbonyl (C=O) groups excluding carboxylic acids is 1. The van der Waals surface area contributed by atoms with Gasteiger partial charge in [-0.3, -0.25) is 0 Å². The summed E-state index contributed by atoms with van der Waals surface area (Å²) in [4.78, 5) is 22.1. The molecule has 0 aliphatic rings. The van der Waals surface area contributed by atoms with Crippen LogP contribution in [0.15, 0.2) is 0 Å². The third kappa shape index (κ3) is 8.50. The Labute approximate surface area is 102 Å². The van der Waals surface area contributed by atoms with Gasteiger partial charge < -0.3 is 20.5 Å². The molecule has 6 heteroatoms. The Bertz CT molecular complexity index is 234. The van der Waals surface area contributed by atoms with Crippen molar-refractivity contribution in [3.63, 3.8) is 0 Å². The normalized spacial score (nSPS) is 11.9. The maximum atomic E-state index is 11.3. The summed E-state index contributed by atoms with van der Waals surface area (Å²) in [6, 6.07) is -1.26. The smallest absolute Gasteiger partial charge is 0.326 e. The fourth-order valence-corrected chi connectivity index (χ4v) is 1.28. The lowest BCUT2D eigenvalue weighted by molar-refractivity contribution is -0.139. The van der Waals surface area contributed by atoms with Gasteiger partial charge in [0.15, 0.2) is 0 Å². The molecule has 17 heavy (non-hydrogen) atoms. The average Bonchev–Trinajstić information content (AvgIpc) is 2.28. The summed E-state index contributed by atoms with van der Waals surface area (Å²) in [5.74, 6) is -1.00. The number of rotatable bonds is 9. The first kappa shape index (κ1) is 15.7. The molecule has 0 aromatic rings. The molecule has 0 aliphatic heterocycles. The first-order valence-corrected chi connectivity index (χ1v) is 5.96. The number of nitrogens with one attached hydrogen (secondary N) is 2. The Balaban J connectivity index is 3.71. The molecule has 0 bridgehead atoms. The number of hydrogen-bond donors (Lipinski definition) is 3. The molecule has 0 spiro atoms. The Hall–Kier alpha value is -1.30. The summed E-state index contributed by atoms with van der Waals surface area (Å²) < 4.78 is 5.11. The highest BCUT2D eigenvalue weighted by Crippen LogP contribution is 1.96. The number of carboxylic acids is 1. The van der Waals surface area contributed by atoms with Crippen molar-refractivity contribution in [2.75, 3.05) is 19.8 Å². The van der Waals surface area contributed by atoms with Crippen LogP contribution in [0.3, 0.4) is 0 Å². The lowest BCUT2D eigenvalue weighted by atomic mass is 10.2. The van der Waals surface area contributed by atoms with Crippen LogP contribution in [0.2, 0.25) is 0 Å². The molecule has 0 aliphatic carbocycles. The van der Waals surface area contributed by atoms with E-state index >= 15 is 0 Å². The lowest BCUT2D eigenvalue weighted by Crippen LogP contribution is -2.46. The Morgan fingerprint density at radius 3 is 2.59 bits per heavy atom. The SMILES string of the molecule is CCCC(NC(=O)NCCCOCC)C(=O)O. The molecule has 6 nitrogen and oxygen atoms in total. The van der Waals surface area contributed by atoms with Crippen molar-refractivity contribution >= 4 is 12.0 Å². The van der Waals surface area contributed by atoms with Gasteiger partial charge in [-0.25, -0.2) is 9.59 Å². The van der Waals surface area contributed by atoms with Crippen molar-refractivity contribution in [2.45, 2.75) is 39.2 Å².